The predicted molar refractivity (Wildman–Crippen MR) is 116 cm³/mol. The molecule has 3 aromatic rings. The van der Waals surface area contributed by atoms with Crippen LogP contribution in [-0.4, -0.2) is 20.9 Å². The van der Waals surface area contributed by atoms with Crippen molar-refractivity contribution in [3.8, 4) is 0 Å². The highest BCUT2D eigenvalue weighted by Gasteiger charge is 2.17. The Hall–Kier alpha value is -2.83. The molecule has 1 amide bonds. The lowest BCUT2D eigenvalue weighted by molar-refractivity contribution is 0.0951. The fourth-order valence-corrected chi connectivity index (χ4v) is 4.17. The summed E-state index contributed by atoms with van der Waals surface area (Å²) in [7, 11) is -3.76. The highest BCUT2D eigenvalue weighted by molar-refractivity contribution is 7.92. The first-order valence-corrected chi connectivity index (χ1v) is 10.9. The van der Waals surface area contributed by atoms with Gasteiger partial charge in [0.25, 0.3) is 15.9 Å². The van der Waals surface area contributed by atoms with Crippen molar-refractivity contribution >= 4 is 33.2 Å². The van der Waals surface area contributed by atoms with E-state index >= 15 is 0 Å². The number of hydrogen-bond donors (Lipinski definition) is 2. The minimum absolute atomic E-state index is 0.132. The second kappa shape index (κ2) is 9.11. The Morgan fingerprint density at radius 1 is 0.966 bits per heavy atom. The van der Waals surface area contributed by atoms with Crippen molar-refractivity contribution in [2.24, 2.45) is 0 Å². The van der Waals surface area contributed by atoms with Crippen LogP contribution in [0.3, 0.4) is 0 Å². The molecular weight excluding hydrogens is 408 g/mol. The molecule has 0 aliphatic heterocycles. The smallest absolute Gasteiger partial charge is 0.261 e. The molecule has 0 heterocycles. The van der Waals surface area contributed by atoms with Crippen molar-refractivity contribution in [2.75, 3.05) is 11.3 Å². The van der Waals surface area contributed by atoms with E-state index in [9.17, 15) is 13.2 Å². The van der Waals surface area contributed by atoms with E-state index < -0.39 is 10.0 Å². The predicted octanol–water partition coefficient (Wildman–Crippen LogP) is 4.67. The molecule has 0 spiro atoms. The third kappa shape index (κ3) is 5.37. The molecule has 150 valence electrons. The fourth-order valence-electron chi connectivity index (χ4n) is 2.79. The Balaban J connectivity index is 1.66. The van der Waals surface area contributed by atoms with Crippen molar-refractivity contribution < 1.29 is 13.2 Å². The van der Waals surface area contributed by atoms with Crippen LogP contribution in [-0.2, 0) is 10.0 Å². The van der Waals surface area contributed by atoms with E-state index in [1.807, 2.05) is 37.3 Å². The summed E-state index contributed by atoms with van der Waals surface area (Å²) in [5, 5.41) is 3.03. The third-order valence-corrected chi connectivity index (χ3v) is 6.16. The molecule has 0 radical (unpaired) electrons. The van der Waals surface area contributed by atoms with E-state index in [4.69, 9.17) is 11.6 Å². The molecule has 1 unspecified atom stereocenters. The normalized spacial score (nSPS) is 12.2. The molecule has 0 fully saturated rings. The van der Waals surface area contributed by atoms with Crippen molar-refractivity contribution in [1.29, 1.82) is 0 Å². The van der Waals surface area contributed by atoms with Crippen LogP contribution in [0.1, 0.15) is 28.8 Å². The zero-order chi connectivity index (χ0) is 20.9. The van der Waals surface area contributed by atoms with Crippen LogP contribution >= 0.6 is 11.6 Å². The van der Waals surface area contributed by atoms with Gasteiger partial charge in [-0.1, -0.05) is 67.1 Å². The Morgan fingerprint density at radius 3 is 2.21 bits per heavy atom. The van der Waals surface area contributed by atoms with Gasteiger partial charge in [-0.2, -0.15) is 0 Å². The summed E-state index contributed by atoms with van der Waals surface area (Å²) < 4.78 is 27.3. The summed E-state index contributed by atoms with van der Waals surface area (Å²) in [6, 6.07) is 22.4. The summed E-state index contributed by atoms with van der Waals surface area (Å²) in [5.74, 6) is -0.111. The summed E-state index contributed by atoms with van der Waals surface area (Å²) in [6.07, 6.45) is 0. The van der Waals surface area contributed by atoms with Gasteiger partial charge in [-0.25, -0.2) is 8.42 Å². The van der Waals surface area contributed by atoms with Gasteiger partial charge in [0.15, 0.2) is 0 Å². The number of nitrogens with one attached hydrogen (secondary N) is 2. The Morgan fingerprint density at radius 2 is 1.59 bits per heavy atom. The quantitative estimate of drug-likeness (QED) is 0.574. The first kappa shape index (κ1) is 20.9. The van der Waals surface area contributed by atoms with Gasteiger partial charge < -0.3 is 5.32 Å². The first-order valence-electron chi connectivity index (χ1n) is 9.07. The van der Waals surface area contributed by atoms with Gasteiger partial charge in [-0.15, -0.1) is 0 Å². The third-order valence-electron chi connectivity index (χ3n) is 4.47. The molecule has 0 bridgehead atoms. The largest absolute Gasteiger partial charge is 0.351 e. The molecule has 0 saturated heterocycles. The number of halogens is 1. The molecule has 0 aliphatic carbocycles. The van der Waals surface area contributed by atoms with Crippen molar-refractivity contribution in [2.45, 2.75) is 17.7 Å². The lowest BCUT2D eigenvalue weighted by Gasteiger charge is -2.14. The second-order valence-electron chi connectivity index (χ2n) is 6.63. The zero-order valence-electron chi connectivity index (χ0n) is 15.8. The monoisotopic (exact) mass is 428 g/mol. The summed E-state index contributed by atoms with van der Waals surface area (Å²) in [4.78, 5) is 12.6. The molecular formula is C22H21ClN2O3S. The summed E-state index contributed by atoms with van der Waals surface area (Å²) in [6.45, 7) is 2.51. The topological polar surface area (TPSA) is 75.3 Å². The molecule has 0 aliphatic rings. The van der Waals surface area contributed by atoms with Crippen LogP contribution < -0.4 is 10.0 Å². The van der Waals surface area contributed by atoms with E-state index in [0.29, 0.717) is 12.1 Å². The lowest BCUT2D eigenvalue weighted by Crippen LogP contribution is -2.27. The van der Waals surface area contributed by atoms with Crippen molar-refractivity contribution in [3.05, 3.63) is 95.0 Å². The summed E-state index contributed by atoms with van der Waals surface area (Å²) >= 11 is 6.22. The van der Waals surface area contributed by atoms with Crippen LogP contribution in [0.4, 0.5) is 5.69 Å². The molecule has 1 atom stereocenters. The average molecular weight is 429 g/mol. The van der Waals surface area contributed by atoms with Crippen LogP contribution in [0.2, 0.25) is 5.02 Å². The minimum Gasteiger partial charge on any atom is -0.351 e. The molecule has 7 heteroatoms. The second-order valence-corrected chi connectivity index (χ2v) is 8.72. The average Bonchev–Trinajstić information content (AvgIpc) is 2.74. The molecule has 3 rings (SSSR count). The molecule has 3 aromatic carbocycles. The number of carbonyl (C=O) groups excluding carboxylic acids is 1. The molecule has 5 nitrogen and oxygen atoms in total. The molecule has 29 heavy (non-hydrogen) atoms. The first-order chi connectivity index (χ1) is 13.9. The maximum absolute atomic E-state index is 12.4. The van der Waals surface area contributed by atoms with Gasteiger partial charge in [0.05, 0.1) is 15.6 Å². The SMILES string of the molecule is CC(CNC(=O)c1ccc(NS(=O)(=O)c2ccccc2)c(Cl)c1)c1ccccc1. The standard InChI is InChI=1S/C22H21ClN2O3S/c1-16(17-8-4-2-5-9-17)15-24-22(26)18-12-13-21(20(23)14-18)25-29(27,28)19-10-6-3-7-11-19/h2-14,16,25H,15H2,1H3,(H,24,26). The number of carbonyl (C=O) groups is 1. The van der Waals surface area contributed by atoms with Gasteiger partial charge in [-0.3, -0.25) is 9.52 Å². The minimum atomic E-state index is -3.76. The highest BCUT2D eigenvalue weighted by Crippen LogP contribution is 2.26. The molecule has 0 aromatic heterocycles. The highest BCUT2D eigenvalue weighted by atomic mass is 35.5. The number of rotatable bonds is 7. The Bertz CT molecular complexity index is 1090. The van der Waals surface area contributed by atoms with E-state index in [1.54, 1.807) is 18.2 Å². The molecule has 2 N–H and O–H groups in total. The summed E-state index contributed by atoms with van der Waals surface area (Å²) in [5.41, 5.74) is 1.71. The number of benzene rings is 3. The number of amides is 1. The van der Waals surface area contributed by atoms with Crippen LogP contribution in [0.25, 0.3) is 0 Å². The molecule has 0 saturated carbocycles. The van der Waals surface area contributed by atoms with Crippen LogP contribution in [0, 0.1) is 0 Å². The van der Waals surface area contributed by atoms with Crippen LogP contribution in [0.15, 0.2) is 83.8 Å². The van der Waals surface area contributed by atoms with Crippen LogP contribution in [0.5, 0.6) is 0 Å². The number of hydrogen-bond acceptors (Lipinski definition) is 3. The maximum Gasteiger partial charge on any atom is 0.261 e. The number of anilines is 1. The van der Waals surface area contributed by atoms with E-state index in [1.165, 1.54) is 30.3 Å². The lowest BCUT2D eigenvalue weighted by atomic mass is 10.0. The number of sulfonamides is 1. The van der Waals surface area contributed by atoms with Crippen molar-refractivity contribution in [1.82, 2.24) is 5.32 Å². The van der Waals surface area contributed by atoms with E-state index in [-0.39, 0.29) is 27.4 Å². The van der Waals surface area contributed by atoms with E-state index in [2.05, 4.69) is 10.0 Å². The van der Waals surface area contributed by atoms with Gasteiger partial charge in [-0.05, 0) is 41.8 Å². The zero-order valence-corrected chi connectivity index (χ0v) is 17.4. The Labute approximate surface area is 175 Å². The van der Waals surface area contributed by atoms with Gasteiger partial charge in [0.1, 0.15) is 0 Å². The maximum atomic E-state index is 12.4. The van der Waals surface area contributed by atoms with Gasteiger partial charge in [0, 0.05) is 12.1 Å². The fraction of sp³-hybridized carbons (Fsp3) is 0.136. The van der Waals surface area contributed by atoms with E-state index in [0.717, 1.165) is 5.56 Å². The van der Waals surface area contributed by atoms with Gasteiger partial charge >= 0.3 is 0 Å². The van der Waals surface area contributed by atoms with Crippen molar-refractivity contribution in [3.63, 3.8) is 0 Å². The Kier molecular flexibility index (Phi) is 6.56. The van der Waals surface area contributed by atoms with Gasteiger partial charge in [0.2, 0.25) is 0 Å².